The number of hydrogen-bond donors (Lipinski definition) is 0. The Morgan fingerprint density at radius 1 is 0.724 bits per heavy atom. The molecule has 0 N–H and O–H groups in total. The van der Waals surface area contributed by atoms with Gasteiger partial charge >= 0.3 is 11.9 Å². The van der Waals surface area contributed by atoms with E-state index in [1.165, 1.54) is 11.1 Å². The van der Waals surface area contributed by atoms with Crippen LogP contribution in [0.5, 0.6) is 0 Å². The van der Waals surface area contributed by atoms with Gasteiger partial charge in [0.05, 0.1) is 24.4 Å². The Labute approximate surface area is 171 Å². The molecule has 0 spiro atoms. The fourth-order valence-electron chi connectivity index (χ4n) is 5.23. The second kappa shape index (κ2) is 8.24. The Hall–Kier alpha value is -2.88. The molecule has 1 saturated carbocycles. The average molecular weight is 390 g/mol. The number of esters is 2. The van der Waals surface area contributed by atoms with Gasteiger partial charge in [-0.2, -0.15) is 0 Å². The number of benzene rings is 2. The van der Waals surface area contributed by atoms with Gasteiger partial charge in [-0.3, -0.25) is 0 Å². The largest absolute Gasteiger partial charge is 0.463 e. The van der Waals surface area contributed by atoms with E-state index in [1.54, 1.807) is 13.8 Å². The van der Waals surface area contributed by atoms with Gasteiger partial charge in [-0.1, -0.05) is 60.7 Å². The van der Waals surface area contributed by atoms with E-state index in [4.69, 9.17) is 9.47 Å². The molecule has 150 valence electrons. The molecular formula is C25H26O4. The molecule has 1 fully saturated rings. The van der Waals surface area contributed by atoms with Crippen molar-refractivity contribution >= 4 is 11.9 Å². The van der Waals surface area contributed by atoms with Crippen LogP contribution >= 0.6 is 0 Å². The van der Waals surface area contributed by atoms with Crippen LogP contribution in [0.3, 0.4) is 0 Å². The van der Waals surface area contributed by atoms with Crippen molar-refractivity contribution in [1.29, 1.82) is 0 Å². The number of carbonyl (C=O) groups is 2. The minimum atomic E-state index is -0.379. The molecule has 0 aromatic heterocycles. The van der Waals surface area contributed by atoms with Crippen molar-refractivity contribution in [2.75, 3.05) is 13.2 Å². The lowest BCUT2D eigenvalue weighted by Crippen LogP contribution is -2.29. The lowest BCUT2D eigenvalue weighted by atomic mass is 9.70. The molecule has 4 rings (SSSR count). The van der Waals surface area contributed by atoms with Crippen molar-refractivity contribution in [3.8, 4) is 0 Å². The maximum atomic E-state index is 12.9. The first-order valence-electron chi connectivity index (χ1n) is 10.4. The van der Waals surface area contributed by atoms with E-state index in [-0.39, 0.29) is 48.8 Å². The summed E-state index contributed by atoms with van der Waals surface area (Å²) in [5.74, 6) is -0.606. The minimum Gasteiger partial charge on any atom is -0.463 e. The van der Waals surface area contributed by atoms with E-state index >= 15 is 0 Å². The fourth-order valence-corrected chi connectivity index (χ4v) is 5.23. The van der Waals surface area contributed by atoms with Crippen LogP contribution in [0.2, 0.25) is 0 Å². The van der Waals surface area contributed by atoms with Crippen LogP contribution in [0.4, 0.5) is 0 Å². The summed E-state index contributed by atoms with van der Waals surface area (Å²) in [6.07, 6.45) is 0.765. The maximum absolute atomic E-state index is 12.9. The molecule has 2 aliphatic rings. The normalized spacial score (nSPS) is 25.2. The van der Waals surface area contributed by atoms with Gasteiger partial charge in [0.25, 0.3) is 0 Å². The van der Waals surface area contributed by atoms with Crippen LogP contribution in [0, 0.1) is 11.8 Å². The molecule has 4 heteroatoms. The number of rotatable bonds is 6. The molecular weight excluding hydrogens is 364 g/mol. The Balaban J connectivity index is 1.87. The molecule has 2 aromatic carbocycles. The quantitative estimate of drug-likeness (QED) is 0.675. The van der Waals surface area contributed by atoms with Crippen molar-refractivity contribution in [2.24, 2.45) is 11.8 Å². The number of carbonyl (C=O) groups excluding carboxylic acids is 2. The zero-order valence-electron chi connectivity index (χ0n) is 16.8. The molecule has 2 aromatic rings. The smallest absolute Gasteiger partial charge is 0.334 e. The molecule has 0 amide bonds. The van der Waals surface area contributed by atoms with Gasteiger partial charge in [-0.25, -0.2) is 9.59 Å². The average Bonchev–Trinajstić information content (AvgIpc) is 3.32. The fraction of sp³-hybridized carbons (Fsp3) is 0.360. The van der Waals surface area contributed by atoms with Crippen molar-refractivity contribution in [2.45, 2.75) is 32.1 Å². The lowest BCUT2D eigenvalue weighted by Gasteiger charge is -2.33. The number of fused-ring (bicyclic) bond motifs is 2. The van der Waals surface area contributed by atoms with Gasteiger partial charge in [-0.05, 0) is 55.1 Å². The second-order valence-corrected chi connectivity index (χ2v) is 7.59. The molecule has 2 aliphatic carbocycles. The molecule has 0 unspecified atom stereocenters. The molecule has 4 atom stereocenters. The van der Waals surface area contributed by atoms with Crippen LogP contribution in [-0.4, -0.2) is 25.2 Å². The van der Waals surface area contributed by atoms with Gasteiger partial charge in [-0.15, -0.1) is 0 Å². The molecule has 0 saturated heterocycles. The topological polar surface area (TPSA) is 52.6 Å². The Bertz CT molecular complexity index is 841. The molecule has 29 heavy (non-hydrogen) atoms. The predicted octanol–water partition coefficient (Wildman–Crippen LogP) is 4.63. The SMILES string of the molecule is CCOC(=O)C1=C(C(=O)OCC)[C@@H]2C[C@H]1[C@@H](c1ccccc1)[C@H]2c1ccccc1. The zero-order chi connectivity index (χ0) is 20.4. The molecule has 4 nitrogen and oxygen atoms in total. The second-order valence-electron chi connectivity index (χ2n) is 7.59. The van der Waals surface area contributed by atoms with E-state index in [0.717, 1.165) is 6.42 Å². The summed E-state index contributed by atoms with van der Waals surface area (Å²) in [6, 6.07) is 20.6. The predicted molar refractivity (Wildman–Crippen MR) is 110 cm³/mol. The summed E-state index contributed by atoms with van der Waals surface area (Å²) in [5, 5.41) is 0. The Kier molecular flexibility index (Phi) is 5.52. The van der Waals surface area contributed by atoms with Crippen LogP contribution in [0.15, 0.2) is 71.8 Å². The standard InChI is InChI=1S/C25H26O4/c1-3-28-24(26)22-18-15-19(23(22)25(27)29-4-2)21(17-13-9-6-10-14-17)20(18)16-11-7-5-8-12-16/h5-14,18-21H,3-4,15H2,1-2H3/t18-,19+,20+,21-. The monoisotopic (exact) mass is 390 g/mol. The van der Waals surface area contributed by atoms with Gasteiger partial charge in [0.15, 0.2) is 0 Å². The van der Waals surface area contributed by atoms with Gasteiger partial charge in [0, 0.05) is 0 Å². The van der Waals surface area contributed by atoms with Crippen molar-refractivity contribution in [3.05, 3.63) is 82.9 Å². The first-order chi connectivity index (χ1) is 14.2. The molecule has 0 heterocycles. The van der Waals surface area contributed by atoms with E-state index in [0.29, 0.717) is 11.1 Å². The first kappa shape index (κ1) is 19.4. The molecule has 2 bridgehead atoms. The molecule has 0 aliphatic heterocycles. The number of ether oxygens (including phenoxy) is 2. The zero-order valence-corrected chi connectivity index (χ0v) is 16.8. The van der Waals surface area contributed by atoms with Crippen molar-refractivity contribution < 1.29 is 19.1 Å². The Morgan fingerprint density at radius 2 is 1.10 bits per heavy atom. The summed E-state index contributed by atoms with van der Waals surface area (Å²) < 4.78 is 10.7. The summed E-state index contributed by atoms with van der Waals surface area (Å²) in [5.41, 5.74) is 3.43. The number of hydrogen-bond acceptors (Lipinski definition) is 4. The van der Waals surface area contributed by atoms with E-state index in [9.17, 15) is 9.59 Å². The highest BCUT2D eigenvalue weighted by Crippen LogP contribution is 2.63. The summed E-state index contributed by atoms with van der Waals surface area (Å²) in [4.78, 5) is 25.8. The minimum absolute atomic E-state index is 0.0499. The van der Waals surface area contributed by atoms with Crippen LogP contribution in [0.1, 0.15) is 43.2 Å². The van der Waals surface area contributed by atoms with Gasteiger partial charge in [0.2, 0.25) is 0 Å². The highest BCUT2D eigenvalue weighted by atomic mass is 16.5. The van der Waals surface area contributed by atoms with Gasteiger partial charge in [0.1, 0.15) is 0 Å². The summed E-state index contributed by atoms with van der Waals surface area (Å²) >= 11 is 0. The highest BCUT2D eigenvalue weighted by molar-refractivity contribution is 6.03. The van der Waals surface area contributed by atoms with Crippen LogP contribution in [-0.2, 0) is 19.1 Å². The lowest BCUT2D eigenvalue weighted by molar-refractivity contribution is -0.142. The van der Waals surface area contributed by atoms with E-state index < -0.39 is 0 Å². The van der Waals surface area contributed by atoms with E-state index in [2.05, 4.69) is 24.3 Å². The summed E-state index contributed by atoms with van der Waals surface area (Å²) in [6.45, 7) is 4.15. The van der Waals surface area contributed by atoms with Crippen molar-refractivity contribution in [1.82, 2.24) is 0 Å². The highest BCUT2D eigenvalue weighted by Gasteiger charge is 2.57. The third-order valence-corrected chi connectivity index (χ3v) is 6.15. The third kappa shape index (κ3) is 3.37. The summed E-state index contributed by atoms with van der Waals surface area (Å²) in [7, 11) is 0. The van der Waals surface area contributed by atoms with Gasteiger partial charge < -0.3 is 9.47 Å². The Morgan fingerprint density at radius 3 is 1.45 bits per heavy atom. The van der Waals surface area contributed by atoms with Crippen LogP contribution < -0.4 is 0 Å². The third-order valence-electron chi connectivity index (χ3n) is 6.15. The molecule has 0 radical (unpaired) electrons. The van der Waals surface area contributed by atoms with E-state index in [1.807, 2.05) is 36.4 Å². The first-order valence-corrected chi connectivity index (χ1v) is 10.4. The maximum Gasteiger partial charge on any atom is 0.334 e. The van der Waals surface area contributed by atoms with Crippen molar-refractivity contribution in [3.63, 3.8) is 0 Å². The van der Waals surface area contributed by atoms with Crippen LogP contribution in [0.25, 0.3) is 0 Å².